The summed E-state index contributed by atoms with van der Waals surface area (Å²) in [5.41, 5.74) is 2.46. The number of carbonyl (C=O) groups excluding carboxylic acids is 1. The van der Waals surface area contributed by atoms with E-state index < -0.39 is 0 Å². The molecule has 1 unspecified atom stereocenters. The molecule has 1 rings (SSSR count). The van der Waals surface area contributed by atoms with Crippen LogP contribution in [0.1, 0.15) is 48.7 Å². The van der Waals surface area contributed by atoms with Gasteiger partial charge in [0, 0.05) is 30.6 Å². The van der Waals surface area contributed by atoms with E-state index in [1.807, 2.05) is 32.2 Å². The first-order valence-corrected chi connectivity index (χ1v) is 7.36. The van der Waals surface area contributed by atoms with Crippen LogP contribution in [-0.4, -0.2) is 35.6 Å². The van der Waals surface area contributed by atoms with E-state index in [4.69, 9.17) is 5.11 Å². The summed E-state index contributed by atoms with van der Waals surface area (Å²) in [5.74, 6) is 6.30. The minimum Gasteiger partial charge on any atom is -0.395 e. The smallest absolute Gasteiger partial charge is 0.254 e. The zero-order valence-corrected chi connectivity index (χ0v) is 13.6. The Balaban J connectivity index is 3.04. The van der Waals surface area contributed by atoms with Gasteiger partial charge in [0.2, 0.25) is 0 Å². The van der Waals surface area contributed by atoms with Gasteiger partial charge in [0.1, 0.15) is 0 Å². The largest absolute Gasteiger partial charge is 0.395 e. The molecule has 0 aromatic heterocycles. The average Bonchev–Trinajstić information content (AvgIpc) is 2.46. The van der Waals surface area contributed by atoms with Crippen LogP contribution in [0.15, 0.2) is 18.2 Å². The van der Waals surface area contributed by atoms with Crippen molar-refractivity contribution in [3.63, 3.8) is 0 Å². The number of nitrogens with zero attached hydrogens (tertiary/aromatic N) is 1. The second kappa shape index (κ2) is 7.85. The van der Waals surface area contributed by atoms with Crippen molar-refractivity contribution in [2.75, 3.05) is 13.7 Å². The molecule has 0 saturated heterocycles. The maximum atomic E-state index is 12.6. The Morgan fingerprint density at radius 1 is 1.33 bits per heavy atom. The lowest BCUT2D eigenvalue weighted by Gasteiger charge is -2.28. The van der Waals surface area contributed by atoms with Crippen LogP contribution in [0.4, 0.5) is 0 Å². The second-order valence-corrected chi connectivity index (χ2v) is 5.71. The first-order valence-electron chi connectivity index (χ1n) is 7.36. The quantitative estimate of drug-likeness (QED) is 0.865. The van der Waals surface area contributed by atoms with E-state index >= 15 is 0 Å². The predicted molar refractivity (Wildman–Crippen MR) is 86.2 cm³/mol. The topological polar surface area (TPSA) is 40.5 Å². The zero-order chi connectivity index (χ0) is 16.0. The molecule has 1 atom stereocenters. The van der Waals surface area contributed by atoms with Gasteiger partial charge in [-0.2, -0.15) is 0 Å². The van der Waals surface area contributed by atoms with Crippen LogP contribution >= 0.6 is 0 Å². The maximum Gasteiger partial charge on any atom is 0.254 e. The molecule has 21 heavy (non-hydrogen) atoms. The lowest BCUT2D eigenvalue weighted by Crippen LogP contribution is -2.38. The zero-order valence-electron chi connectivity index (χ0n) is 13.6. The van der Waals surface area contributed by atoms with Crippen molar-refractivity contribution in [3.05, 3.63) is 34.9 Å². The first-order chi connectivity index (χ1) is 9.88. The lowest BCUT2D eigenvalue weighted by atomic mass is 10.0. The van der Waals surface area contributed by atoms with Gasteiger partial charge in [-0.05, 0) is 37.5 Å². The van der Waals surface area contributed by atoms with Gasteiger partial charge in [-0.15, -0.1) is 0 Å². The summed E-state index contributed by atoms with van der Waals surface area (Å²) in [4.78, 5) is 14.4. The maximum absolute atomic E-state index is 12.6. The molecule has 0 aliphatic heterocycles. The van der Waals surface area contributed by atoms with E-state index in [-0.39, 0.29) is 18.6 Å². The van der Waals surface area contributed by atoms with Crippen molar-refractivity contribution < 1.29 is 9.90 Å². The molecular weight excluding hydrogens is 262 g/mol. The van der Waals surface area contributed by atoms with Crippen LogP contribution in [-0.2, 0) is 0 Å². The normalized spacial score (nSPS) is 11.8. The standard InChI is InChI=1S/C18H25NO2/c1-13(2)15(4)19(5)18(21)17-12-16(8-6-7-11-20)10-9-14(17)3/h9-10,12-13,15,20H,7,11H2,1-5H3. The van der Waals surface area contributed by atoms with Crippen molar-refractivity contribution in [1.82, 2.24) is 4.90 Å². The van der Waals surface area contributed by atoms with Crippen molar-refractivity contribution in [2.45, 2.75) is 40.2 Å². The fraction of sp³-hybridized carbons (Fsp3) is 0.500. The Morgan fingerprint density at radius 2 is 2.00 bits per heavy atom. The van der Waals surface area contributed by atoms with Crippen LogP contribution in [0.5, 0.6) is 0 Å². The third kappa shape index (κ3) is 4.61. The van der Waals surface area contributed by atoms with Gasteiger partial charge in [-0.25, -0.2) is 0 Å². The minimum atomic E-state index is 0.0273. The number of hydrogen-bond acceptors (Lipinski definition) is 2. The Bertz CT molecular complexity index is 552. The fourth-order valence-electron chi connectivity index (χ4n) is 1.97. The molecule has 1 N–H and O–H groups in total. The van der Waals surface area contributed by atoms with Crippen molar-refractivity contribution in [2.24, 2.45) is 5.92 Å². The third-order valence-corrected chi connectivity index (χ3v) is 3.83. The van der Waals surface area contributed by atoms with Crippen molar-refractivity contribution >= 4 is 5.91 Å². The van der Waals surface area contributed by atoms with E-state index in [0.29, 0.717) is 17.9 Å². The first kappa shape index (κ1) is 17.3. The Kier molecular flexibility index (Phi) is 6.45. The van der Waals surface area contributed by atoms with E-state index in [1.165, 1.54) is 0 Å². The Hall–Kier alpha value is -1.79. The molecule has 0 spiro atoms. The summed E-state index contributed by atoms with van der Waals surface area (Å²) in [6.45, 7) is 8.27. The Morgan fingerprint density at radius 3 is 2.57 bits per heavy atom. The molecule has 3 heteroatoms. The summed E-state index contributed by atoms with van der Waals surface area (Å²) >= 11 is 0. The molecule has 1 amide bonds. The van der Waals surface area contributed by atoms with Crippen LogP contribution in [0.25, 0.3) is 0 Å². The van der Waals surface area contributed by atoms with E-state index in [9.17, 15) is 4.79 Å². The SMILES string of the molecule is Cc1ccc(C#CCCO)cc1C(=O)N(C)C(C)C(C)C. The number of aryl methyl sites for hydroxylation is 1. The van der Waals surface area contributed by atoms with Gasteiger partial charge in [0.25, 0.3) is 5.91 Å². The van der Waals surface area contributed by atoms with Gasteiger partial charge in [-0.1, -0.05) is 31.8 Å². The summed E-state index contributed by atoms with van der Waals surface area (Å²) in [6.07, 6.45) is 0.446. The summed E-state index contributed by atoms with van der Waals surface area (Å²) < 4.78 is 0. The average molecular weight is 287 g/mol. The number of aliphatic hydroxyl groups is 1. The number of hydrogen-bond donors (Lipinski definition) is 1. The van der Waals surface area contributed by atoms with Gasteiger partial charge < -0.3 is 10.0 Å². The number of aliphatic hydroxyl groups excluding tert-OH is 1. The summed E-state index contributed by atoms with van der Waals surface area (Å²) in [7, 11) is 1.84. The fourth-order valence-corrected chi connectivity index (χ4v) is 1.97. The molecule has 0 bridgehead atoms. The monoisotopic (exact) mass is 287 g/mol. The molecule has 0 radical (unpaired) electrons. The Labute approximate surface area is 128 Å². The molecule has 0 saturated carbocycles. The lowest BCUT2D eigenvalue weighted by molar-refractivity contribution is 0.0706. The van der Waals surface area contributed by atoms with Crippen molar-refractivity contribution in [1.29, 1.82) is 0 Å². The van der Waals surface area contributed by atoms with Gasteiger partial charge in [-0.3, -0.25) is 4.79 Å². The van der Waals surface area contributed by atoms with Crippen LogP contribution < -0.4 is 0 Å². The molecule has 114 valence electrons. The summed E-state index contributed by atoms with van der Waals surface area (Å²) in [5, 5.41) is 8.75. The molecule has 0 aliphatic carbocycles. The third-order valence-electron chi connectivity index (χ3n) is 3.83. The molecular formula is C18H25NO2. The van der Waals surface area contributed by atoms with Crippen LogP contribution in [0.2, 0.25) is 0 Å². The van der Waals surface area contributed by atoms with E-state index in [0.717, 1.165) is 11.1 Å². The number of benzene rings is 1. The highest BCUT2D eigenvalue weighted by molar-refractivity contribution is 5.96. The minimum absolute atomic E-state index is 0.0273. The van der Waals surface area contributed by atoms with Gasteiger partial charge in [0.15, 0.2) is 0 Å². The van der Waals surface area contributed by atoms with Crippen LogP contribution in [0.3, 0.4) is 0 Å². The highest BCUT2D eigenvalue weighted by Crippen LogP contribution is 2.16. The molecule has 0 aliphatic rings. The van der Waals surface area contributed by atoms with E-state index in [1.54, 1.807) is 4.90 Å². The van der Waals surface area contributed by atoms with Gasteiger partial charge >= 0.3 is 0 Å². The van der Waals surface area contributed by atoms with Crippen LogP contribution in [0, 0.1) is 24.7 Å². The number of amides is 1. The number of rotatable bonds is 4. The molecule has 1 aromatic rings. The highest BCUT2D eigenvalue weighted by Gasteiger charge is 2.21. The van der Waals surface area contributed by atoms with E-state index in [2.05, 4.69) is 32.6 Å². The van der Waals surface area contributed by atoms with Crippen molar-refractivity contribution in [3.8, 4) is 11.8 Å². The second-order valence-electron chi connectivity index (χ2n) is 5.71. The molecule has 3 nitrogen and oxygen atoms in total. The molecule has 0 fully saturated rings. The highest BCUT2D eigenvalue weighted by atomic mass is 16.2. The summed E-state index contributed by atoms with van der Waals surface area (Å²) in [6, 6.07) is 5.85. The molecule has 0 heterocycles. The predicted octanol–water partition coefficient (Wildman–Crippen LogP) is 2.85. The van der Waals surface area contributed by atoms with Gasteiger partial charge in [0.05, 0.1) is 6.61 Å². The number of carbonyl (C=O) groups is 1. The molecule has 1 aromatic carbocycles.